The zero-order valence-corrected chi connectivity index (χ0v) is 27.1. The normalized spacial score (nSPS) is 17.6. The fraction of sp³-hybridized carbons (Fsp3) is 0.300. The van der Waals surface area contributed by atoms with Gasteiger partial charge in [0.05, 0.1) is 29.9 Å². The first-order valence-corrected chi connectivity index (χ1v) is 17.1. The largest absolute Gasteiger partial charge is 0.340 e. The molecule has 244 valence electrons. The number of carbonyl (C=O) groups is 3. The number of nitrogens with one attached hydrogen (secondary N) is 2. The first kappa shape index (κ1) is 31.4. The van der Waals surface area contributed by atoms with Crippen LogP contribution < -0.4 is 5.32 Å². The lowest BCUT2D eigenvalue weighted by Crippen LogP contribution is -2.43. The number of rotatable bonds is 10. The van der Waals surface area contributed by atoms with Crippen molar-refractivity contribution >= 4 is 34.4 Å². The molecule has 2 fully saturated rings. The van der Waals surface area contributed by atoms with E-state index >= 15 is 0 Å². The van der Waals surface area contributed by atoms with Crippen LogP contribution in [0.5, 0.6) is 0 Å². The van der Waals surface area contributed by atoms with Gasteiger partial charge >= 0.3 is 0 Å². The minimum Gasteiger partial charge on any atom is -0.340 e. The SMILES string of the molecule is O=C(Nc1ccc(CCc2ccc3nc(C4CCCN4C(=O)Cc4ccccc4)[nH]c3c2)cc1)C1CCCN1C(=O)Cc1ccccc1. The summed E-state index contributed by atoms with van der Waals surface area (Å²) in [6.07, 6.45) is 5.83. The summed E-state index contributed by atoms with van der Waals surface area (Å²) in [6, 6.07) is 33.5. The van der Waals surface area contributed by atoms with Crippen molar-refractivity contribution in [2.75, 3.05) is 18.4 Å². The molecular formula is C40H41N5O3. The molecule has 8 heteroatoms. The fourth-order valence-corrected chi connectivity index (χ4v) is 7.09. The monoisotopic (exact) mass is 639 g/mol. The van der Waals surface area contributed by atoms with Crippen LogP contribution in [0.4, 0.5) is 5.69 Å². The highest BCUT2D eigenvalue weighted by molar-refractivity contribution is 5.97. The summed E-state index contributed by atoms with van der Waals surface area (Å²) in [4.78, 5) is 51.4. The van der Waals surface area contributed by atoms with Crippen molar-refractivity contribution in [1.82, 2.24) is 19.8 Å². The lowest BCUT2D eigenvalue weighted by atomic mass is 10.0. The number of hydrogen-bond acceptors (Lipinski definition) is 4. The molecule has 7 rings (SSSR count). The summed E-state index contributed by atoms with van der Waals surface area (Å²) in [6.45, 7) is 1.37. The lowest BCUT2D eigenvalue weighted by Gasteiger charge is -2.24. The van der Waals surface area contributed by atoms with Crippen LogP contribution in [-0.2, 0) is 40.1 Å². The van der Waals surface area contributed by atoms with Gasteiger partial charge in [-0.1, -0.05) is 78.9 Å². The van der Waals surface area contributed by atoms with Crippen LogP contribution in [0.2, 0.25) is 0 Å². The molecule has 0 bridgehead atoms. The molecule has 2 unspecified atom stereocenters. The summed E-state index contributed by atoms with van der Waals surface area (Å²) in [5.74, 6) is 0.869. The molecule has 2 aliphatic rings. The molecule has 2 N–H and O–H groups in total. The number of hydrogen-bond donors (Lipinski definition) is 2. The van der Waals surface area contributed by atoms with Gasteiger partial charge in [-0.25, -0.2) is 4.98 Å². The number of likely N-dealkylation sites (tertiary alicyclic amines) is 2. The molecule has 0 aliphatic carbocycles. The Hall–Kier alpha value is -5.24. The number of anilines is 1. The Bertz CT molecular complexity index is 1890. The Morgan fingerprint density at radius 1 is 0.688 bits per heavy atom. The van der Waals surface area contributed by atoms with E-state index in [0.717, 1.165) is 72.3 Å². The van der Waals surface area contributed by atoms with Gasteiger partial charge in [-0.3, -0.25) is 14.4 Å². The van der Waals surface area contributed by atoms with Crippen LogP contribution in [-0.4, -0.2) is 56.6 Å². The van der Waals surface area contributed by atoms with Crippen molar-refractivity contribution in [3.8, 4) is 0 Å². The Morgan fingerprint density at radius 2 is 1.29 bits per heavy atom. The van der Waals surface area contributed by atoms with Gasteiger partial charge in [0.2, 0.25) is 17.7 Å². The Balaban J connectivity index is 0.932. The zero-order chi connectivity index (χ0) is 32.9. The van der Waals surface area contributed by atoms with Gasteiger partial charge in [-0.15, -0.1) is 0 Å². The second-order valence-electron chi connectivity index (χ2n) is 13.0. The number of aromatic nitrogens is 2. The van der Waals surface area contributed by atoms with Crippen molar-refractivity contribution in [3.05, 3.63) is 131 Å². The number of amides is 3. The van der Waals surface area contributed by atoms with Gasteiger partial charge in [0.25, 0.3) is 0 Å². The van der Waals surface area contributed by atoms with Gasteiger partial charge in [0.1, 0.15) is 11.9 Å². The summed E-state index contributed by atoms with van der Waals surface area (Å²) in [5.41, 5.74) is 7.02. The third kappa shape index (κ3) is 7.18. The maximum atomic E-state index is 13.2. The number of H-pyrrole nitrogens is 1. The molecule has 0 spiro atoms. The highest BCUT2D eigenvalue weighted by atomic mass is 16.2. The first-order valence-electron chi connectivity index (χ1n) is 17.1. The van der Waals surface area contributed by atoms with Crippen molar-refractivity contribution < 1.29 is 14.4 Å². The van der Waals surface area contributed by atoms with Gasteiger partial charge in [0, 0.05) is 18.8 Å². The minimum absolute atomic E-state index is 0.00631. The van der Waals surface area contributed by atoms with Crippen molar-refractivity contribution in [2.24, 2.45) is 0 Å². The molecule has 3 heterocycles. The quantitative estimate of drug-likeness (QED) is 0.184. The zero-order valence-electron chi connectivity index (χ0n) is 27.1. The number of benzene rings is 4. The van der Waals surface area contributed by atoms with E-state index in [1.54, 1.807) is 4.90 Å². The number of fused-ring (bicyclic) bond motifs is 1. The van der Waals surface area contributed by atoms with Crippen LogP contribution in [0, 0.1) is 0 Å². The Labute approximate surface area is 281 Å². The highest BCUT2D eigenvalue weighted by Crippen LogP contribution is 2.32. The van der Waals surface area contributed by atoms with Crippen LogP contribution in [0.25, 0.3) is 11.0 Å². The van der Waals surface area contributed by atoms with Gasteiger partial charge in [-0.05, 0) is 85.0 Å². The van der Waals surface area contributed by atoms with E-state index in [2.05, 4.69) is 40.6 Å². The minimum atomic E-state index is -0.440. The average Bonchev–Trinajstić information content (AvgIpc) is 3.89. The van der Waals surface area contributed by atoms with Gasteiger partial charge in [0.15, 0.2) is 0 Å². The summed E-state index contributed by atoms with van der Waals surface area (Å²) >= 11 is 0. The molecule has 0 saturated carbocycles. The van der Waals surface area contributed by atoms with E-state index in [1.165, 1.54) is 11.1 Å². The Kier molecular flexibility index (Phi) is 9.32. The molecular weight excluding hydrogens is 598 g/mol. The second-order valence-corrected chi connectivity index (χ2v) is 13.0. The number of aryl methyl sites for hydroxylation is 2. The van der Waals surface area contributed by atoms with E-state index in [1.807, 2.05) is 77.7 Å². The first-order chi connectivity index (χ1) is 23.5. The molecule has 8 nitrogen and oxygen atoms in total. The molecule has 48 heavy (non-hydrogen) atoms. The predicted molar refractivity (Wildman–Crippen MR) is 187 cm³/mol. The van der Waals surface area contributed by atoms with E-state index in [4.69, 9.17) is 4.98 Å². The summed E-state index contributed by atoms with van der Waals surface area (Å²) in [5, 5.41) is 3.03. The molecule has 5 aromatic rings. The van der Waals surface area contributed by atoms with Crippen LogP contribution in [0.3, 0.4) is 0 Å². The standard InChI is InChI=1S/C40H41N5O3/c46-37(26-29-9-3-1-4-10-29)44-23-7-13-35(44)39-42-33-22-19-31(25-34(33)43-39)16-15-28-17-20-32(21-18-28)41-40(48)36-14-8-24-45(36)38(47)27-30-11-5-2-6-12-30/h1-6,9-12,17-22,25,35-36H,7-8,13-16,23-24,26-27H2,(H,41,48)(H,42,43). The molecule has 4 aromatic carbocycles. The molecule has 2 aliphatic heterocycles. The summed E-state index contributed by atoms with van der Waals surface area (Å²) < 4.78 is 0. The smallest absolute Gasteiger partial charge is 0.247 e. The van der Waals surface area contributed by atoms with Crippen molar-refractivity contribution in [1.29, 1.82) is 0 Å². The van der Waals surface area contributed by atoms with E-state index < -0.39 is 6.04 Å². The summed E-state index contributed by atoms with van der Waals surface area (Å²) in [7, 11) is 0. The van der Waals surface area contributed by atoms with E-state index in [0.29, 0.717) is 25.8 Å². The van der Waals surface area contributed by atoms with E-state index in [-0.39, 0.29) is 23.8 Å². The van der Waals surface area contributed by atoms with Crippen LogP contribution in [0.15, 0.2) is 103 Å². The molecule has 2 atom stereocenters. The van der Waals surface area contributed by atoms with Gasteiger partial charge in [-0.2, -0.15) is 0 Å². The van der Waals surface area contributed by atoms with Crippen LogP contribution in [0.1, 0.15) is 59.8 Å². The second kappa shape index (κ2) is 14.3. The fourth-order valence-electron chi connectivity index (χ4n) is 7.09. The highest BCUT2D eigenvalue weighted by Gasteiger charge is 2.34. The molecule has 1 aromatic heterocycles. The van der Waals surface area contributed by atoms with Crippen molar-refractivity contribution in [2.45, 2.75) is 63.5 Å². The maximum absolute atomic E-state index is 13.2. The van der Waals surface area contributed by atoms with Crippen molar-refractivity contribution in [3.63, 3.8) is 0 Å². The number of carbonyl (C=O) groups excluding carboxylic acids is 3. The third-order valence-electron chi connectivity index (χ3n) is 9.65. The van der Waals surface area contributed by atoms with Crippen LogP contribution >= 0.6 is 0 Å². The predicted octanol–water partition coefficient (Wildman–Crippen LogP) is 6.43. The van der Waals surface area contributed by atoms with E-state index in [9.17, 15) is 14.4 Å². The molecule has 2 saturated heterocycles. The molecule has 0 radical (unpaired) electrons. The lowest BCUT2D eigenvalue weighted by molar-refractivity contribution is -0.136. The Morgan fingerprint density at radius 3 is 2.00 bits per heavy atom. The third-order valence-corrected chi connectivity index (χ3v) is 9.65. The van der Waals surface area contributed by atoms with Gasteiger partial charge < -0.3 is 20.1 Å². The maximum Gasteiger partial charge on any atom is 0.247 e. The number of aromatic amines is 1. The average molecular weight is 640 g/mol. The number of nitrogens with zero attached hydrogens (tertiary/aromatic N) is 3. The topological polar surface area (TPSA) is 98.4 Å². The molecule has 3 amide bonds. The number of imidazole rings is 1.